The van der Waals surface area contributed by atoms with Gasteiger partial charge in [0.05, 0.1) is 0 Å². The maximum Gasteiger partial charge on any atom is 0.142 e. The minimum atomic E-state index is -0.294. The summed E-state index contributed by atoms with van der Waals surface area (Å²) in [7, 11) is 0. The van der Waals surface area contributed by atoms with Crippen molar-refractivity contribution in [1.29, 1.82) is 0 Å². The molecule has 2 nitrogen and oxygen atoms in total. The Morgan fingerprint density at radius 2 is 1.88 bits per heavy atom. The summed E-state index contributed by atoms with van der Waals surface area (Å²) in [5.74, 6) is 1.75. The first-order chi connectivity index (χ1) is 7.42. The van der Waals surface area contributed by atoms with Gasteiger partial charge in [-0.3, -0.25) is 9.59 Å². The van der Waals surface area contributed by atoms with Crippen LogP contribution < -0.4 is 0 Å². The van der Waals surface area contributed by atoms with Gasteiger partial charge < -0.3 is 0 Å². The van der Waals surface area contributed by atoms with Gasteiger partial charge in [-0.05, 0) is 31.1 Å². The van der Waals surface area contributed by atoms with E-state index < -0.39 is 0 Å². The third kappa shape index (κ3) is 1.94. The third-order valence-electron chi connectivity index (χ3n) is 4.60. The minimum Gasteiger partial charge on any atom is -0.300 e. The predicted molar refractivity (Wildman–Crippen MR) is 63.0 cm³/mol. The lowest BCUT2D eigenvalue weighted by Crippen LogP contribution is -2.38. The second kappa shape index (κ2) is 3.97. The van der Waals surface area contributed by atoms with Crippen molar-refractivity contribution in [3.8, 4) is 0 Å². The molecule has 90 valence electrons. The fraction of sp³-hybridized carbons (Fsp3) is 0.857. The summed E-state index contributed by atoms with van der Waals surface area (Å²) in [6.07, 6.45) is 4.16. The number of ketones is 2. The average Bonchev–Trinajstić information content (AvgIpc) is 2.55. The molecule has 0 N–H and O–H groups in total. The molecule has 16 heavy (non-hydrogen) atoms. The molecule has 2 heteroatoms. The summed E-state index contributed by atoms with van der Waals surface area (Å²) in [5, 5.41) is 0. The van der Waals surface area contributed by atoms with Crippen LogP contribution in [0, 0.1) is 23.2 Å². The highest BCUT2D eigenvalue weighted by atomic mass is 16.1. The molecule has 0 aromatic carbocycles. The molecule has 2 fully saturated rings. The van der Waals surface area contributed by atoms with Crippen molar-refractivity contribution in [2.45, 2.75) is 52.9 Å². The first-order valence-corrected chi connectivity index (χ1v) is 6.48. The van der Waals surface area contributed by atoms with Crippen LogP contribution in [0.25, 0.3) is 0 Å². The van der Waals surface area contributed by atoms with Crippen molar-refractivity contribution in [1.82, 2.24) is 0 Å². The zero-order chi connectivity index (χ0) is 11.9. The Balaban J connectivity index is 2.29. The van der Waals surface area contributed by atoms with Crippen LogP contribution in [-0.4, -0.2) is 11.6 Å². The van der Waals surface area contributed by atoms with Gasteiger partial charge in [-0.1, -0.05) is 20.8 Å². The van der Waals surface area contributed by atoms with E-state index in [0.717, 1.165) is 19.3 Å². The minimum absolute atomic E-state index is 0.152. The first kappa shape index (κ1) is 11.8. The van der Waals surface area contributed by atoms with Crippen molar-refractivity contribution in [2.75, 3.05) is 0 Å². The van der Waals surface area contributed by atoms with Gasteiger partial charge in [0, 0.05) is 24.2 Å². The third-order valence-corrected chi connectivity index (χ3v) is 4.60. The Labute approximate surface area is 97.8 Å². The molecule has 0 aromatic rings. The average molecular weight is 222 g/mol. The molecule has 2 rings (SSSR count). The maximum atomic E-state index is 12.5. The monoisotopic (exact) mass is 222 g/mol. The van der Waals surface area contributed by atoms with Crippen molar-refractivity contribution < 1.29 is 9.59 Å². The van der Waals surface area contributed by atoms with Crippen molar-refractivity contribution in [3.63, 3.8) is 0 Å². The molecule has 2 aliphatic carbocycles. The number of carbonyl (C=O) groups is 2. The van der Waals surface area contributed by atoms with Crippen LogP contribution in [0.5, 0.6) is 0 Å². The molecule has 0 unspecified atom stereocenters. The van der Waals surface area contributed by atoms with E-state index in [9.17, 15) is 9.59 Å². The zero-order valence-corrected chi connectivity index (χ0v) is 10.6. The molecule has 0 aliphatic heterocycles. The molecular formula is C14H22O2. The summed E-state index contributed by atoms with van der Waals surface area (Å²) in [4.78, 5) is 24.3. The SMILES string of the molecule is C[C@@H]1CC[C@@H]2CC(=O)CCC(C)(C)C(=O)[C@@H]21. The summed E-state index contributed by atoms with van der Waals surface area (Å²) in [5.41, 5.74) is -0.294. The summed E-state index contributed by atoms with van der Waals surface area (Å²) >= 11 is 0. The number of carbonyl (C=O) groups excluding carboxylic acids is 2. The molecule has 0 amide bonds. The van der Waals surface area contributed by atoms with E-state index in [1.807, 2.05) is 13.8 Å². The van der Waals surface area contributed by atoms with Crippen LogP contribution in [-0.2, 0) is 9.59 Å². The van der Waals surface area contributed by atoms with Gasteiger partial charge in [0.1, 0.15) is 11.6 Å². The molecule has 0 heterocycles. The van der Waals surface area contributed by atoms with E-state index in [4.69, 9.17) is 0 Å². The highest BCUT2D eigenvalue weighted by molar-refractivity contribution is 5.90. The lowest BCUT2D eigenvalue weighted by Gasteiger charge is -2.33. The molecular weight excluding hydrogens is 200 g/mol. The molecule has 0 spiro atoms. The van der Waals surface area contributed by atoms with Gasteiger partial charge in [0.2, 0.25) is 0 Å². The Hall–Kier alpha value is -0.660. The number of hydrogen-bond acceptors (Lipinski definition) is 2. The molecule has 0 bridgehead atoms. The van der Waals surface area contributed by atoms with Gasteiger partial charge in [0.15, 0.2) is 0 Å². The highest BCUT2D eigenvalue weighted by Crippen LogP contribution is 2.45. The van der Waals surface area contributed by atoms with Gasteiger partial charge >= 0.3 is 0 Å². The quantitative estimate of drug-likeness (QED) is 0.631. The summed E-state index contributed by atoms with van der Waals surface area (Å²) in [6.45, 7) is 6.19. The van der Waals surface area contributed by atoms with Crippen LogP contribution in [0.3, 0.4) is 0 Å². The highest BCUT2D eigenvalue weighted by Gasteiger charge is 2.45. The Morgan fingerprint density at radius 3 is 2.56 bits per heavy atom. The smallest absolute Gasteiger partial charge is 0.142 e. The van der Waals surface area contributed by atoms with Crippen LogP contribution in [0.2, 0.25) is 0 Å². The summed E-state index contributed by atoms with van der Waals surface area (Å²) < 4.78 is 0. The topological polar surface area (TPSA) is 34.1 Å². The van der Waals surface area contributed by atoms with Crippen LogP contribution in [0.1, 0.15) is 52.9 Å². The van der Waals surface area contributed by atoms with E-state index in [2.05, 4.69) is 6.92 Å². The van der Waals surface area contributed by atoms with Crippen LogP contribution in [0.15, 0.2) is 0 Å². The number of rotatable bonds is 0. The molecule has 2 saturated carbocycles. The number of fused-ring (bicyclic) bond motifs is 1. The van der Waals surface area contributed by atoms with Crippen LogP contribution in [0.4, 0.5) is 0 Å². The molecule has 3 atom stereocenters. The van der Waals surface area contributed by atoms with Crippen molar-refractivity contribution in [2.24, 2.45) is 23.2 Å². The summed E-state index contributed by atoms with van der Waals surface area (Å²) in [6, 6.07) is 0. The largest absolute Gasteiger partial charge is 0.300 e. The normalized spacial score (nSPS) is 39.1. The Morgan fingerprint density at radius 1 is 1.19 bits per heavy atom. The fourth-order valence-electron chi connectivity index (χ4n) is 3.42. The standard InChI is InChI=1S/C14H22O2/c1-9-4-5-10-8-11(15)6-7-14(2,3)13(16)12(9)10/h9-10,12H,4-8H2,1-3H3/t9-,10-,12-/m1/s1. The van der Waals surface area contributed by atoms with Crippen molar-refractivity contribution in [3.05, 3.63) is 0 Å². The predicted octanol–water partition coefficient (Wildman–Crippen LogP) is 3.00. The van der Waals surface area contributed by atoms with Crippen molar-refractivity contribution >= 4 is 11.6 Å². The number of Topliss-reactive ketones (excluding diaryl/α,β-unsaturated/α-hetero) is 2. The van der Waals surface area contributed by atoms with Gasteiger partial charge in [0.25, 0.3) is 0 Å². The molecule has 2 aliphatic rings. The van der Waals surface area contributed by atoms with Crippen LogP contribution >= 0.6 is 0 Å². The van der Waals surface area contributed by atoms with E-state index in [0.29, 0.717) is 36.2 Å². The number of hydrogen-bond donors (Lipinski definition) is 0. The molecule has 0 aromatic heterocycles. The second-order valence-corrected chi connectivity index (χ2v) is 6.33. The lowest BCUT2D eigenvalue weighted by molar-refractivity contribution is -0.136. The Bertz CT molecular complexity index is 317. The fourth-order valence-corrected chi connectivity index (χ4v) is 3.42. The van der Waals surface area contributed by atoms with E-state index in [1.54, 1.807) is 0 Å². The first-order valence-electron chi connectivity index (χ1n) is 6.48. The van der Waals surface area contributed by atoms with E-state index in [1.165, 1.54) is 0 Å². The van der Waals surface area contributed by atoms with Gasteiger partial charge in [-0.25, -0.2) is 0 Å². The molecule has 0 saturated heterocycles. The Kier molecular flexibility index (Phi) is 2.93. The van der Waals surface area contributed by atoms with Gasteiger partial charge in [-0.2, -0.15) is 0 Å². The maximum absolute atomic E-state index is 12.5. The lowest BCUT2D eigenvalue weighted by atomic mass is 9.69. The second-order valence-electron chi connectivity index (χ2n) is 6.33. The van der Waals surface area contributed by atoms with Gasteiger partial charge in [-0.15, -0.1) is 0 Å². The zero-order valence-electron chi connectivity index (χ0n) is 10.6. The van der Waals surface area contributed by atoms with E-state index >= 15 is 0 Å². The van der Waals surface area contributed by atoms with E-state index in [-0.39, 0.29) is 11.3 Å². The molecule has 0 radical (unpaired) electrons.